The van der Waals surface area contributed by atoms with Gasteiger partial charge in [0.25, 0.3) is 0 Å². The number of para-hydroxylation sites is 1. The molecule has 0 saturated carbocycles. The monoisotopic (exact) mass is 471 g/mol. The predicted molar refractivity (Wildman–Crippen MR) is 146 cm³/mol. The quantitative estimate of drug-likeness (QED) is 0.230. The lowest BCUT2D eigenvalue weighted by molar-refractivity contribution is -0.121. The van der Waals surface area contributed by atoms with Gasteiger partial charge in [0, 0.05) is 6.42 Å². The number of benzene rings is 3. The van der Waals surface area contributed by atoms with Crippen molar-refractivity contribution in [2.24, 2.45) is 0 Å². The first kappa shape index (κ1) is 26.5. The summed E-state index contributed by atoms with van der Waals surface area (Å²) in [5, 5.41) is 3.28. The van der Waals surface area contributed by atoms with E-state index in [0.29, 0.717) is 12.8 Å². The highest BCUT2D eigenvalue weighted by atomic mass is 16.5. The molecule has 0 fully saturated rings. The Morgan fingerprint density at radius 3 is 2.29 bits per heavy atom. The fourth-order valence-electron chi connectivity index (χ4n) is 4.33. The standard InChI is InChI=1S/C32H41NO2/c1-3-4-5-6-7-13-24-35-31-17-12-11-16-29(31)22-23-32(34)33-30(28-14-9-8-10-15-28)25-27-20-18-26(2)19-21-27/h8-12,14-21,30H,3-7,13,22-25H2,1-2H3,(H,33,34). The third-order valence-corrected chi connectivity index (χ3v) is 6.45. The topological polar surface area (TPSA) is 38.3 Å². The van der Waals surface area contributed by atoms with E-state index >= 15 is 0 Å². The molecule has 35 heavy (non-hydrogen) atoms. The molecule has 1 atom stereocenters. The number of nitrogens with one attached hydrogen (secondary N) is 1. The van der Waals surface area contributed by atoms with Crippen LogP contribution in [0.5, 0.6) is 5.75 Å². The second-order valence-corrected chi connectivity index (χ2v) is 9.44. The summed E-state index contributed by atoms with van der Waals surface area (Å²) in [7, 11) is 0. The first-order valence-electron chi connectivity index (χ1n) is 13.3. The van der Waals surface area contributed by atoms with Gasteiger partial charge in [-0.1, -0.05) is 117 Å². The number of amides is 1. The molecule has 0 aliphatic heterocycles. The van der Waals surface area contributed by atoms with Gasteiger partial charge in [0.05, 0.1) is 12.6 Å². The number of carbonyl (C=O) groups excluding carboxylic acids is 1. The minimum atomic E-state index is -0.0504. The van der Waals surface area contributed by atoms with Crippen LogP contribution in [0.3, 0.4) is 0 Å². The van der Waals surface area contributed by atoms with Crippen molar-refractivity contribution in [3.63, 3.8) is 0 Å². The molecule has 0 saturated heterocycles. The van der Waals surface area contributed by atoms with Gasteiger partial charge in [-0.05, 0) is 48.9 Å². The van der Waals surface area contributed by atoms with Crippen molar-refractivity contribution in [3.05, 3.63) is 101 Å². The van der Waals surface area contributed by atoms with E-state index in [1.807, 2.05) is 36.4 Å². The molecule has 1 N–H and O–H groups in total. The number of carbonyl (C=O) groups is 1. The Kier molecular flexibility index (Phi) is 11.4. The summed E-state index contributed by atoms with van der Waals surface area (Å²) < 4.78 is 6.08. The predicted octanol–water partition coefficient (Wildman–Crippen LogP) is 7.77. The van der Waals surface area contributed by atoms with Gasteiger partial charge in [-0.15, -0.1) is 0 Å². The number of aryl methyl sites for hydroxylation is 2. The maximum Gasteiger partial charge on any atom is 0.220 e. The summed E-state index contributed by atoms with van der Waals surface area (Å²) in [6.45, 7) is 5.07. The molecule has 3 aromatic carbocycles. The molecule has 0 aromatic heterocycles. The van der Waals surface area contributed by atoms with E-state index in [2.05, 4.69) is 61.6 Å². The molecule has 3 heteroatoms. The van der Waals surface area contributed by atoms with Crippen LogP contribution in [0, 0.1) is 6.92 Å². The van der Waals surface area contributed by atoms with Gasteiger partial charge in [-0.25, -0.2) is 0 Å². The second kappa shape index (κ2) is 15.0. The van der Waals surface area contributed by atoms with Gasteiger partial charge in [0.1, 0.15) is 5.75 Å². The Labute approximate surface area is 211 Å². The van der Waals surface area contributed by atoms with Gasteiger partial charge in [0.2, 0.25) is 5.91 Å². The average molecular weight is 472 g/mol. The first-order chi connectivity index (χ1) is 17.2. The molecule has 0 spiro atoms. The van der Waals surface area contributed by atoms with E-state index < -0.39 is 0 Å². The van der Waals surface area contributed by atoms with E-state index in [-0.39, 0.29) is 11.9 Å². The summed E-state index contributed by atoms with van der Waals surface area (Å²) in [5.74, 6) is 0.977. The summed E-state index contributed by atoms with van der Waals surface area (Å²) in [6.07, 6.45) is 9.37. The molecule has 3 nitrogen and oxygen atoms in total. The van der Waals surface area contributed by atoms with E-state index in [1.165, 1.54) is 43.2 Å². The lowest BCUT2D eigenvalue weighted by Gasteiger charge is -2.20. The van der Waals surface area contributed by atoms with Crippen molar-refractivity contribution >= 4 is 5.91 Å². The molecular weight excluding hydrogens is 430 g/mol. The summed E-state index contributed by atoms with van der Waals surface area (Å²) >= 11 is 0. The molecule has 0 bridgehead atoms. The van der Waals surface area contributed by atoms with Crippen molar-refractivity contribution in [2.75, 3.05) is 6.61 Å². The van der Waals surface area contributed by atoms with Gasteiger partial charge in [-0.2, -0.15) is 0 Å². The summed E-state index contributed by atoms with van der Waals surface area (Å²) in [4.78, 5) is 13.0. The molecular formula is C32H41NO2. The van der Waals surface area contributed by atoms with Gasteiger partial charge < -0.3 is 10.1 Å². The van der Waals surface area contributed by atoms with Crippen LogP contribution in [0.25, 0.3) is 0 Å². The lowest BCUT2D eigenvalue weighted by atomic mass is 9.98. The Bertz CT molecular complexity index is 998. The second-order valence-electron chi connectivity index (χ2n) is 9.44. The molecule has 186 valence electrons. The SMILES string of the molecule is CCCCCCCCOc1ccccc1CCC(=O)NC(Cc1ccc(C)cc1)c1ccccc1. The van der Waals surface area contributed by atoms with Crippen LogP contribution in [0.2, 0.25) is 0 Å². The fourth-order valence-corrected chi connectivity index (χ4v) is 4.33. The van der Waals surface area contributed by atoms with Crippen LogP contribution >= 0.6 is 0 Å². The Morgan fingerprint density at radius 1 is 0.829 bits per heavy atom. The minimum Gasteiger partial charge on any atom is -0.493 e. The van der Waals surface area contributed by atoms with Gasteiger partial charge in [-0.3, -0.25) is 4.79 Å². The lowest BCUT2D eigenvalue weighted by Crippen LogP contribution is -2.30. The van der Waals surface area contributed by atoms with Crippen molar-refractivity contribution < 1.29 is 9.53 Å². The zero-order valence-corrected chi connectivity index (χ0v) is 21.5. The molecule has 3 rings (SSSR count). The van der Waals surface area contributed by atoms with Crippen molar-refractivity contribution in [1.29, 1.82) is 0 Å². The smallest absolute Gasteiger partial charge is 0.220 e. The number of hydrogen-bond acceptors (Lipinski definition) is 2. The molecule has 1 amide bonds. The van der Waals surface area contributed by atoms with E-state index in [1.54, 1.807) is 0 Å². The molecule has 1 unspecified atom stereocenters. The number of ether oxygens (including phenoxy) is 1. The highest BCUT2D eigenvalue weighted by Gasteiger charge is 2.16. The molecule has 0 radical (unpaired) electrons. The fraction of sp³-hybridized carbons (Fsp3) is 0.406. The maximum atomic E-state index is 13.0. The summed E-state index contributed by atoms with van der Waals surface area (Å²) in [5.41, 5.74) is 4.69. The van der Waals surface area contributed by atoms with Gasteiger partial charge >= 0.3 is 0 Å². The van der Waals surface area contributed by atoms with Crippen molar-refractivity contribution in [3.8, 4) is 5.75 Å². The number of hydrogen-bond donors (Lipinski definition) is 1. The highest BCUT2D eigenvalue weighted by molar-refractivity contribution is 5.77. The molecule has 0 aliphatic carbocycles. The van der Waals surface area contributed by atoms with E-state index in [0.717, 1.165) is 36.3 Å². The van der Waals surface area contributed by atoms with E-state index in [9.17, 15) is 4.79 Å². The highest BCUT2D eigenvalue weighted by Crippen LogP contribution is 2.22. The van der Waals surface area contributed by atoms with Crippen molar-refractivity contribution in [1.82, 2.24) is 5.32 Å². The third kappa shape index (κ3) is 9.60. The zero-order valence-electron chi connectivity index (χ0n) is 21.5. The van der Waals surface area contributed by atoms with Crippen molar-refractivity contribution in [2.45, 2.75) is 77.7 Å². The zero-order chi connectivity index (χ0) is 24.7. The Morgan fingerprint density at radius 2 is 1.51 bits per heavy atom. The minimum absolute atomic E-state index is 0.0504. The number of rotatable bonds is 15. The summed E-state index contributed by atoms with van der Waals surface area (Å²) in [6, 6.07) is 26.9. The Hall–Kier alpha value is -3.07. The Balaban J connectivity index is 1.53. The van der Waals surface area contributed by atoms with Crippen LogP contribution in [0.15, 0.2) is 78.9 Å². The molecule has 0 heterocycles. The van der Waals surface area contributed by atoms with E-state index in [4.69, 9.17) is 4.74 Å². The largest absolute Gasteiger partial charge is 0.493 e. The molecule has 3 aromatic rings. The molecule has 0 aliphatic rings. The van der Waals surface area contributed by atoms with Crippen LogP contribution in [-0.4, -0.2) is 12.5 Å². The average Bonchev–Trinajstić information content (AvgIpc) is 2.89. The van der Waals surface area contributed by atoms with Crippen LogP contribution < -0.4 is 10.1 Å². The van der Waals surface area contributed by atoms with Gasteiger partial charge in [0.15, 0.2) is 0 Å². The first-order valence-corrected chi connectivity index (χ1v) is 13.3. The van der Waals surface area contributed by atoms with Crippen LogP contribution in [0.1, 0.15) is 80.2 Å². The third-order valence-electron chi connectivity index (χ3n) is 6.45. The normalized spacial score (nSPS) is 11.7. The maximum absolute atomic E-state index is 13.0. The van der Waals surface area contributed by atoms with Crippen LogP contribution in [-0.2, 0) is 17.6 Å². The number of unbranched alkanes of at least 4 members (excludes halogenated alkanes) is 5. The van der Waals surface area contributed by atoms with Crippen LogP contribution in [0.4, 0.5) is 0 Å².